The summed E-state index contributed by atoms with van der Waals surface area (Å²) in [7, 11) is 3.12. The molecule has 0 aromatic heterocycles. The first-order valence-electron chi connectivity index (χ1n) is 6.48. The highest BCUT2D eigenvalue weighted by Gasteiger charge is 2.18. The summed E-state index contributed by atoms with van der Waals surface area (Å²) < 4.78 is 5.01. The van der Waals surface area contributed by atoms with Gasteiger partial charge in [-0.05, 0) is 29.8 Å². The predicted octanol–water partition coefficient (Wildman–Crippen LogP) is 2.26. The number of rotatable bonds is 4. The van der Waals surface area contributed by atoms with Crippen LogP contribution in [0.3, 0.4) is 0 Å². The number of hydrogen-bond acceptors (Lipinski definition) is 4. The molecule has 0 saturated heterocycles. The third kappa shape index (κ3) is 3.25. The number of aromatic hydroxyl groups is 1. The molecule has 0 unspecified atom stereocenters. The standard InChI is InChI=1S/C16H18N2O3/c1-18(10-11-6-8-12(17)9-7-11)16(20)13-4-3-5-14(21-2)15(13)19/h3-9,19H,10,17H2,1-2H3. The fourth-order valence-corrected chi connectivity index (χ4v) is 2.03. The minimum Gasteiger partial charge on any atom is -0.504 e. The van der Waals surface area contributed by atoms with E-state index in [4.69, 9.17) is 10.5 Å². The Hall–Kier alpha value is -2.69. The van der Waals surface area contributed by atoms with E-state index in [9.17, 15) is 9.90 Å². The van der Waals surface area contributed by atoms with Crippen molar-refractivity contribution >= 4 is 11.6 Å². The minimum atomic E-state index is -0.275. The number of ether oxygens (including phenoxy) is 1. The first-order valence-corrected chi connectivity index (χ1v) is 6.48. The van der Waals surface area contributed by atoms with E-state index >= 15 is 0 Å². The van der Waals surface area contributed by atoms with Crippen molar-refractivity contribution in [1.82, 2.24) is 4.90 Å². The fraction of sp³-hybridized carbons (Fsp3) is 0.188. The summed E-state index contributed by atoms with van der Waals surface area (Å²) in [6, 6.07) is 12.1. The Morgan fingerprint density at radius 2 is 1.90 bits per heavy atom. The number of amides is 1. The number of para-hydroxylation sites is 1. The molecular weight excluding hydrogens is 268 g/mol. The van der Waals surface area contributed by atoms with Crippen LogP contribution >= 0.6 is 0 Å². The molecule has 5 heteroatoms. The van der Waals surface area contributed by atoms with Gasteiger partial charge in [0, 0.05) is 19.3 Å². The molecule has 0 spiro atoms. The van der Waals surface area contributed by atoms with Crippen LogP contribution in [0.2, 0.25) is 0 Å². The molecule has 21 heavy (non-hydrogen) atoms. The molecule has 0 fully saturated rings. The van der Waals surface area contributed by atoms with Gasteiger partial charge in [-0.1, -0.05) is 18.2 Å². The maximum Gasteiger partial charge on any atom is 0.257 e. The van der Waals surface area contributed by atoms with Gasteiger partial charge in [0.15, 0.2) is 11.5 Å². The van der Waals surface area contributed by atoms with Gasteiger partial charge in [0.25, 0.3) is 5.91 Å². The first kappa shape index (κ1) is 14.7. The summed E-state index contributed by atoms with van der Waals surface area (Å²) in [6.07, 6.45) is 0. The van der Waals surface area contributed by atoms with E-state index < -0.39 is 0 Å². The Kier molecular flexibility index (Phi) is 4.33. The molecule has 5 nitrogen and oxygen atoms in total. The zero-order valence-electron chi connectivity index (χ0n) is 12.0. The number of nitrogen functional groups attached to an aromatic ring is 1. The molecule has 0 heterocycles. The van der Waals surface area contributed by atoms with Crippen LogP contribution in [0.1, 0.15) is 15.9 Å². The van der Waals surface area contributed by atoms with Gasteiger partial charge in [0.05, 0.1) is 12.7 Å². The Morgan fingerprint density at radius 3 is 2.52 bits per heavy atom. The van der Waals surface area contributed by atoms with Gasteiger partial charge in [0.2, 0.25) is 0 Å². The summed E-state index contributed by atoms with van der Waals surface area (Å²) in [5.41, 5.74) is 7.49. The van der Waals surface area contributed by atoms with Crippen molar-refractivity contribution in [2.45, 2.75) is 6.54 Å². The van der Waals surface area contributed by atoms with Crippen molar-refractivity contribution in [3.8, 4) is 11.5 Å². The van der Waals surface area contributed by atoms with Crippen molar-refractivity contribution in [3.63, 3.8) is 0 Å². The molecule has 0 radical (unpaired) electrons. The number of nitrogens with two attached hydrogens (primary N) is 1. The van der Waals surface area contributed by atoms with Gasteiger partial charge in [-0.3, -0.25) is 4.79 Å². The second kappa shape index (κ2) is 6.17. The normalized spacial score (nSPS) is 10.2. The topological polar surface area (TPSA) is 75.8 Å². The molecule has 2 aromatic carbocycles. The highest BCUT2D eigenvalue weighted by molar-refractivity contribution is 5.97. The van der Waals surface area contributed by atoms with Crippen LogP contribution < -0.4 is 10.5 Å². The molecule has 110 valence electrons. The number of benzene rings is 2. The van der Waals surface area contributed by atoms with Gasteiger partial charge in [-0.2, -0.15) is 0 Å². The van der Waals surface area contributed by atoms with E-state index in [0.29, 0.717) is 12.2 Å². The number of carbonyl (C=O) groups excluding carboxylic acids is 1. The number of phenolic OH excluding ortho intramolecular Hbond substituents is 1. The van der Waals surface area contributed by atoms with E-state index in [2.05, 4.69) is 0 Å². The van der Waals surface area contributed by atoms with Crippen molar-refractivity contribution < 1.29 is 14.6 Å². The largest absolute Gasteiger partial charge is 0.504 e. The van der Waals surface area contributed by atoms with Crippen LogP contribution in [0, 0.1) is 0 Å². The second-order valence-electron chi connectivity index (χ2n) is 4.76. The van der Waals surface area contributed by atoms with Crippen molar-refractivity contribution in [2.75, 3.05) is 19.9 Å². The highest BCUT2D eigenvalue weighted by atomic mass is 16.5. The van der Waals surface area contributed by atoms with E-state index in [1.807, 2.05) is 12.1 Å². The molecule has 2 rings (SSSR count). The first-order chi connectivity index (χ1) is 10.0. The van der Waals surface area contributed by atoms with Crippen molar-refractivity contribution in [3.05, 3.63) is 53.6 Å². The molecule has 0 atom stereocenters. The summed E-state index contributed by atoms with van der Waals surface area (Å²) in [5.74, 6) is -0.140. The summed E-state index contributed by atoms with van der Waals surface area (Å²) in [5, 5.41) is 10.0. The maximum absolute atomic E-state index is 12.4. The van der Waals surface area contributed by atoms with Crippen LogP contribution in [-0.2, 0) is 6.54 Å². The van der Waals surface area contributed by atoms with Crippen LogP contribution in [0.15, 0.2) is 42.5 Å². The highest BCUT2D eigenvalue weighted by Crippen LogP contribution is 2.30. The molecule has 0 aliphatic rings. The van der Waals surface area contributed by atoms with Gasteiger partial charge in [-0.25, -0.2) is 0 Å². The lowest BCUT2D eigenvalue weighted by atomic mass is 10.1. The van der Waals surface area contributed by atoms with Gasteiger partial charge in [-0.15, -0.1) is 0 Å². The number of phenols is 1. The summed E-state index contributed by atoms with van der Waals surface area (Å²) in [4.78, 5) is 13.9. The molecule has 1 amide bonds. The van der Waals surface area contributed by atoms with Crippen LogP contribution in [0.25, 0.3) is 0 Å². The lowest BCUT2D eigenvalue weighted by molar-refractivity contribution is 0.0781. The fourth-order valence-electron chi connectivity index (χ4n) is 2.03. The summed E-state index contributed by atoms with van der Waals surface area (Å²) >= 11 is 0. The molecule has 0 saturated carbocycles. The van der Waals surface area contributed by atoms with E-state index in [-0.39, 0.29) is 23.0 Å². The average molecular weight is 286 g/mol. The molecular formula is C16H18N2O3. The van der Waals surface area contributed by atoms with E-state index in [0.717, 1.165) is 5.56 Å². The van der Waals surface area contributed by atoms with Gasteiger partial charge >= 0.3 is 0 Å². The van der Waals surface area contributed by atoms with Gasteiger partial charge in [0.1, 0.15) is 0 Å². The Bertz CT molecular complexity index is 638. The monoisotopic (exact) mass is 286 g/mol. The number of carbonyl (C=O) groups is 1. The molecule has 2 aromatic rings. The number of hydrogen-bond donors (Lipinski definition) is 2. The third-order valence-electron chi connectivity index (χ3n) is 3.20. The van der Waals surface area contributed by atoms with Gasteiger partial charge < -0.3 is 20.5 Å². The van der Waals surface area contributed by atoms with Crippen LogP contribution in [0.5, 0.6) is 11.5 Å². The SMILES string of the molecule is COc1cccc(C(=O)N(C)Cc2ccc(N)cc2)c1O. The average Bonchev–Trinajstić information content (AvgIpc) is 2.49. The second-order valence-corrected chi connectivity index (χ2v) is 4.76. The van der Waals surface area contributed by atoms with Crippen molar-refractivity contribution in [2.24, 2.45) is 0 Å². The predicted molar refractivity (Wildman–Crippen MR) is 81.3 cm³/mol. The summed E-state index contributed by atoms with van der Waals surface area (Å²) in [6.45, 7) is 0.426. The number of nitrogens with zero attached hydrogens (tertiary/aromatic N) is 1. The quantitative estimate of drug-likeness (QED) is 0.845. The van der Waals surface area contributed by atoms with E-state index in [1.165, 1.54) is 12.0 Å². The lowest BCUT2D eigenvalue weighted by Gasteiger charge is -2.18. The van der Waals surface area contributed by atoms with Crippen molar-refractivity contribution in [1.29, 1.82) is 0 Å². The maximum atomic E-state index is 12.4. The zero-order valence-corrected chi connectivity index (χ0v) is 12.0. The number of methoxy groups -OCH3 is 1. The van der Waals surface area contributed by atoms with Crippen LogP contribution in [0.4, 0.5) is 5.69 Å². The Labute approximate surface area is 123 Å². The lowest BCUT2D eigenvalue weighted by Crippen LogP contribution is -2.26. The van der Waals surface area contributed by atoms with E-state index in [1.54, 1.807) is 37.4 Å². The molecule has 0 bridgehead atoms. The number of anilines is 1. The Morgan fingerprint density at radius 1 is 1.24 bits per heavy atom. The smallest absolute Gasteiger partial charge is 0.257 e. The molecule has 0 aliphatic heterocycles. The Balaban J connectivity index is 2.17. The molecule has 0 aliphatic carbocycles. The third-order valence-corrected chi connectivity index (χ3v) is 3.20. The minimum absolute atomic E-state index is 0.144. The zero-order chi connectivity index (χ0) is 15.4. The molecule has 3 N–H and O–H groups in total. The van der Waals surface area contributed by atoms with Crippen LogP contribution in [-0.4, -0.2) is 30.1 Å².